The van der Waals surface area contributed by atoms with Gasteiger partial charge in [0, 0.05) is 6.04 Å². The Morgan fingerprint density at radius 1 is 1.24 bits per heavy atom. The molecular weight excluding hydrogens is 278 g/mol. The average Bonchev–Trinajstić information content (AvgIpc) is 3.00. The summed E-state index contributed by atoms with van der Waals surface area (Å²) in [4.78, 5) is 0. The highest BCUT2D eigenvalue weighted by molar-refractivity contribution is 9.10. The summed E-state index contributed by atoms with van der Waals surface area (Å²) >= 11 is 3.48. The van der Waals surface area contributed by atoms with Gasteiger partial charge in [0.1, 0.15) is 4.60 Å². The van der Waals surface area contributed by atoms with Crippen molar-refractivity contribution in [3.8, 4) is 5.69 Å². The monoisotopic (exact) mass is 291 g/mol. The van der Waals surface area contributed by atoms with E-state index in [4.69, 9.17) is 0 Å². The lowest BCUT2D eigenvalue weighted by Crippen LogP contribution is -2.12. The van der Waals surface area contributed by atoms with Crippen LogP contribution in [0.1, 0.15) is 24.4 Å². The average molecular weight is 292 g/mol. The summed E-state index contributed by atoms with van der Waals surface area (Å²) in [6.45, 7) is 1.14. The molecule has 2 heterocycles. The van der Waals surface area contributed by atoms with Crippen LogP contribution >= 0.6 is 15.9 Å². The minimum atomic E-state index is 0.533. The number of nitrogens with one attached hydrogen (secondary N) is 1. The van der Waals surface area contributed by atoms with Crippen molar-refractivity contribution >= 4 is 15.9 Å². The van der Waals surface area contributed by atoms with E-state index in [2.05, 4.69) is 50.6 Å². The third-order valence-corrected chi connectivity index (χ3v) is 3.80. The molecule has 3 nitrogen and oxygen atoms in total. The van der Waals surface area contributed by atoms with E-state index in [1.807, 2.05) is 10.7 Å². The second kappa shape index (κ2) is 4.63. The van der Waals surface area contributed by atoms with Crippen LogP contribution in [0.5, 0.6) is 0 Å². The van der Waals surface area contributed by atoms with Crippen LogP contribution in [0.4, 0.5) is 0 Å². The van der Waals surface area contributed by atoms with Gasteiger partial charge in [-0.3, -0.25) is 0 Å². The maximum Gasteiger partial charge on any atom is 0.109 e. The first kappa shape index (κ1) is 11.0. The predicted molar refractivity (Wildman–Crippen MR) is 71.2 cm³/mol. The first-order valence-corrected chi connectivity index (χ1v) is 6.67. The molecule has 0 spiro atoms. The van der Waals surface area contributed by atoms with Crippen LogP contribution in [0, 0.1) is 0 Å². The molecule has 17 heavy (non-hydrogen) atoms. The Hall–Kier alpha value is -1.13. The number of aromatic nitrogens is 2. The molecule has 1 aliphatic rings. The van der Waals surface area contributed by atoms with Gasteiger partial charge in [-0.1, -0.05) is 12.1 Å². The Kier molecular flexibility index (Phi) is 2.99. The van der Waals surface area contributed by atoms with Gasteiger partial charge in [-0.05, 0) is 59.1 Å². The van der Waals surface area contributed by atoms with Gasteiger partial charge in [0.25, 0.3) is 0 Å². The Labute approximate surface area is 109 Å². The Balaban J connectivity index is 1.87. The lowest BCUT2D eigenvalue weighted by molar-refractivity contribution is 0.647. The summed E-state index contributed by atoms with van der Waals surface area (Å²) in [5.41, 5.74) is 2.46. The molecule has 0 amide bonds. The number of nitrogens with zero attached hydrogens (tertiary/aromatic N) is 2. The van der Waals surface area contributed by atoms with Crippen LogP contribution in [-0.2, 0) is 0 Å². The number of halogens is 1. The third-order valence-electron chi connectivity index (χ3n) is 3.20. The fraction of sp³-hybridized carbons (Fsp3) is 0.308. The number of benzene rings is 1. The van der Waals surface area contributed by atoms with Gasteiger partial charge in [0.2, 0.25) is 0 Å². The quantitative estimate of drug-likeness (QED) is 0.922. The van der Waals surface area contributed by atoms with Crippen LogP contribution in [-0.4, -0.2) is 16.3 Å². The summed E-state index contributed by atoms with van der Waals surface area (Å²) in [6.07, 6.45) is 4.30. The van der Waals surface area contributed by atoms with E-state index in [1.165, 1.54) is 18.4 Å². The van der Waals surface area contributed by atoms with Crippen LogP contribution in [0.25, 0.3) is 5.69 Å². The van der Waals surface area contributed by atoms with E-state index in [0.29, 0.717) is 6.04 Å². The third kappa shape index (κ3) is 2.15. The van der Waals surface area contributed by atoms with Gasteiger partial charge in [0.05, 0.1) is 11.9 Å². The van der Waals surface area contributed by atoms with Gasteiger partial charge >= 0.3 is 0 Å². The summed E-state index contributed by atoms with van der Waals surface area (Å²) in [5.74, 6) is 0. The highest BCUT2D eigenvalue weighted by atomic mass is 79.9. The van der Waals surface area contributed by atoms with Crippen molar-refractivity contribution in [1.29, 1.82) is 0 Å². The smallest absolute Gasteiger partial charge is 0.109 e. The summed E-state index contributed by atoms with van der Waals surface area (Å²) in [7, 11) is 0. The molecule has 4 heteroatoms. The molecule has 1 unspecified atom stereocenters. The molecule has 1 N–H and O–H groups in total. The molecule has 3 rings (SSSR count). The van der Waals surface area contributed by atoms with E-state index >= 15 is 0 Å². The summed E-state index contributed by atoms with van der Waals surface area (Å²) in [5, 5.41) is 7.77. The second-order valence-corrected chi connectivity index (χ2v) is 5.12. The van der Waals surface area contributed by atoms with Crippen molar-refractivity contribution in [2.75, 3.05) is 6.54 Å². The molecule has 2 aromatic rings. The molecular formula is C13H14BrN3. The molecule has 1 aliphatic heterocycles. The summed E-state index contributed by atoms with van der Waals surface area (Å²) in [6, 6.07) is 11.1. The molecule has 1 saturated heterocycles. The predicted octanol–water partition coefficient (Wildman–Crippen LogP) is 3.06. The largest absolute Gasteiger partial charge is 0.310 e. The molecule has 0 radical (unpaired) electrons. The molecule has 88 valence electrons. The Morgan fingerprint density at radius 3 is 2.65 bits per heavy atom. The van der Waals surface area contributed by atoms with Gasteiger partial charge in [-0.15, -0.1) is 0 Å². The van der Waals surface area contributed by atoms with Crippen LogP contribution in [0.3, 0.4) is 0 Å². The van der Waals surface area contributed by atoms with E-state index in [1.54, 1.807) is 6.20 Å². The van der Waals surface area contributed by atoms with E-state index in [-0.39, 0.29) is 0 Å². The SMILES string of the molecule is Brc1ccnn1-c1ccc(C2CCCN2)cc1. The molecule has 1 atom stereocenters. The van der Waals surface area contributed by atoms with Crippen molar-refractivity contribution in [2.45, 2.75) is 18.9 Å². The zero-order valence-corrected chi connectivity index (χ0v) is 11.0. The fourth-order valence-electron chi connectivity index (χ4n) is 2.29. The topological polar surface area (TPSA) is 29.9 Å². The minimum absolute atomic E-state index is 0.533. The lowest BCUT2D eigenvalue weighted by Gasteiger charge is -2.11. The van der Waals surface area contributed by atoms with Crippen molar-refractivity contribution in [3.63, 3.8) is 0 Å². The standard InChI is InChI=1S/C13H14BrN3/c14-13-7-9-16-17(13)11-5-3-10(4-6-11)12-2-1-8-15-12/h3-7,9,12,15H,1-2,8H2. The first-order chi connectivity index (χ1) is 8.34. The zero-order chi connectivity index (χ0) is 11.7. The molecule has 1 fully saturated rings. The first-order valence-electron chi connectivity index (χ1n) is 5.88. The van der Waals surface area contributed by atoms with E-state index < -0.39 is 0 Å². The van der Waals surface area contributed by atoms with Gasteiger partial charge in [-0.2, -0.15) is 5.10 Å². The molecule has 0 bridgehead atoms. The number of hydrogen-bond acceptors (Lipinski definition) is 2. The van der Waals surface area contributed by atoms with Gasteiger partial charge < -0.3 is 5.32 Å². The lowest BCUT2D eigenvalue weighted by atomic mass is 10.1. The molecule has 1 aromatic heterocycles. The zero-order valence-electron chi connectivity index (χ0n) is 9.44. The van der Waals surface area contributed by atoms with Crippen molar-refractivity contribution in [2.24, 2.45) is 0 Å². The minimum Gasteiger partial charge on any atom is -0.310 e. The van der Waals surface area contributed by atoms with Gasteiger partial charge in [-0.25, -0.2) is 4.68 Å². The number of rotatable bonds is 2. The maximum absolute atomic E-state index is 4.27. The molecule has 0 aliphatic carbocycles. The van der Waals surface area contributed by atoms with Crippen LogP contribution < -0.4 is 5.32 Å². The Bertz CT molecular complexity index is 498. The second-order valence-electron chi connectivity index (χ2n) is 4.31. The number of hydrogen-bond donors (Lipinski definition) is 1. The fourth-order valence-corrected chi connectivity index (χ4v) is 2.71. The van der Waals surface area contributed by atoms with Crippen molar-refractivity contribution in [3.05, 3.63) is 46.7 Å². The van der Waals surface area contributed by atoms with Crippen molar-refractivity contribution < 1.29 is 0 Å². The van der Waals surface area contributed by atoms with Gasteiger partial charge in [0.15, 0.2) is 0 Å². The highest BCUT2D eigenvalue weighted by Gasteiger charge is 2.15. The molecule has 1 aromatic carbocycles. The maximum atomic E-state index is 4.27. The van der Waals surface area contributed by atoms with E-state index in [0.717, 1.165) is 16.8 Å². The van der Waals surface area contributed by atoms with E-state index in [9.17, 15) is 0 Å². The van der Waals surface area contributed by atoms with Crippen molar-refractivity contribution in [1.82, 2.24) is 15.1 Å². The normalized spacial score (nSPS) is 19.7. The Morgan fingerprint density at radius 2 is 2.06 bits per heavy atom. The molecule has 0 saturated carbocycles. The van der Waals surface area contributed by atoms with Crippen LogP contribution in [0.15, 0.2) is 41.1 Å². The van der Waals surface area contributed by atoms with Crippen LogP contribution in [0.2, 0.25) is 0 Å². The summed E-state index contributed by atoms with van der Waals surface area (Å²) < 4.78 is 2.86. The highest BCUT2D eigenvalue weighted by Crippen LogP contribution is 2.24.